The van der Waals surface area contributed by atoms with Crippen molar-refractivity contribution in [3.63, 3.8) is 0 Å². The van der Waals surface area contributed by atoms with Crippen molar-refractivity contribution < 1.29 is 14.6 Å². The van der Waals surface area contributed by atoms with E-state index in [1.807, 2.05) is 10.7 Å². The fourth-order valence-electron chi connectivity index (χ4n) is 2.72. The molecule has 3 aromatic heterocycles. The third-order valence-corrected chi connectivity index (χ3v) is 4.08. The molecule has 4 heterocycles. The average molecular weight is 343 g/mol. The van der Waals surface area contributed by atoms with Gasteiger partial charge in [-0.2, -0.15) is 9.61 Å². The summed E-state index contributed by atoms with van der Waals surface area (Å²) in [5.74, 6) is 0.204. The maximum Gasteiger partial charge on any atom is 0.260 e. The van der Waals surface area contributed by atoms with E-state index in [2.05, 4.69) is 20.4 Å². The molecule has 0 saturated carbocycles. The van der Waals surface area contributed by atoms with Crippen LogP contribution in [0.3, 0.4) is 0 Å². The second-order valence-corrected chi connectivity index (χ2v) is 5.87. The van der Waals surface area contributed by atoms with Crippen molar-refractivity contribution in [2.45, 2.75) is 26.1 Å². The molecule has 1 N–H and O–H groups in total. The molecule has 0 radical (unpaired) electrons. The van der Waals surface area contributed by atoms with Crippen LogP contribution in [0.25, 0.3) is 5.65 Å². The highest BCUT2D eigenvalue weighted by Crippen LogP contribution is 2.18. The number of ether oxygens (including phenoxy) is 1. The number of aliphatic hydroxyl groups excluding tert-OH is 1. The molecule has 1 amide bonds. The number of fused-ring (bicyclic) bond motifs is 2. The first kappa shape index (κ1) is 15.5. The third-order valence-electron chi connectivity index (χ3n) is 4.08. The molecule has 1 atom stereocenters. The standard InChI is InChI=1S/C15H17N7O3/c1-10(23)12-6-11-7-20(4-5-21(11)18-12)15(24)8-25-14-3-2-13-17-16-9-22(13)19-14/h2-3,6,9-10,23H,4-5,7-8H2,1H3/t10-/m0/s1. The summed E-state index contributed by atoms with van der Waals surface area (Å²) in [5, 5.41) is 25.7. The lowest BCUT2D eigenvalue weighted by Crippen LogP contribution is -2.40. The Balaban J connectivity index is 1.39. The van der Waals surface area contributed by atoms with Crippen LogP contribution in [0.15, 0.2) is 24.5 Å². The first-order valence-electron chi connectivity index (χ1n) is 7.92. The predicted octanol–water partition coefficient (Wildman–Crippen LogP) is -0.205. The van der Waals surface area contributed by atoms with Crippen molar-refractivity contribution >= 4 is 11.6 Å². The lowest BCUT2D eigenvalue weighted by atomic mass is 10.2. The third kappa shape index (κ3) is 3.03. The molecule has 0 fully saturated rings. The van der Waals surface area contributed by atoms with Crippen LogP contribution >= 0.6 is 0 Å². The monoisotopic (exact) mass is 343 g/mol. The van der Waals surface area contributed by atoms with E-state index in [9.17, 15) is 9.90 Å². The number of carbonyl (C=O) groups excluding carboxylic acids is 1. The van der Waals surface area contributed by atoms with Gasteiger partial charge in [-0.15, -0.1) is 15.3 Å². The Labute approximate surface area is 142 Å². The Morgan fingerprint density at radius 1 is 1.36 bits per heavy atom. The molecule has 25 heavy (non-hydrogen) atoms. The molecule has 1 aliphatic rings. The van der Waals surface area contributed by atoms with Gasteiger partial charge in [0, 0.05) is 12.6 Å². The molecule has 0 saturated heterocycles. The summed E-state index contributed by atoms with van der Waals surface area (Å²) in [6.07, 6.45) is 0.847. The van der Waals surface area contributed by atoms with Crippen LogP contribution in [-0.4, -0.2) is 58.7 Å². The average Bonchev–Trinajstić information content (AvgIpc) is 3.24. The van der Waals surface area contributed by atoms with Crippen molar-refractivity contribution in [2.75, 3.05) is 13.2 Å². The summed E-state index contributed by atoms with van der Waals surface area (Å²) >= 11 is 0. The van der Waals surface area contributed by atoms with Crippen LogP contribution in [0.2, 0.25) is 0 Å². The van der Waals surface area contributed by atoms with Gasteiger partial charge in [0.2, 0.25) is 5.88 Å². The Hall–Kier alpha value is -3.01. The zero-order chi connectivity index (χ0) is 17.4. The summed E-state index contributed by atoms with van der Waals surface area (Å²) in [6, 6.07) is 5.20. The van der Waals surface area contributed by atoms with Gasteiger partial charge in [0.1, 0.15) is 6.33 Å². The van der Waals surface area contributed by atoms with E-state index < -0.39 is 6.10 Å². The molecule has 0 unspecified atom stereocenters. The summed E-state index contributed by atoms with van der Waals surface area (Å²) in [5.41, 5.74) is 2.13. The van der Waals surface area contributed by atoms with E-state index in [-0.39, 0.29) is 12.5 Å². The maximum absolute atomic E-state index is 12.4. The second-order valence-electron chi connectivity index (χ2n) is 5.87. The minimum atomic E-state index is -0.621. The summed E-state index contributed by atoms with van der Waals surface area (Å²) in [7, 11) is 0. The Morgan fingerprint density at radius 3 is 3.08 bits per heavy atom. The molecule has 10 heteroatoms. The molecule has 0 bridgehead atoms. The Morgan fingerprint density at radius 2 is 2.24 bits per heavy atom. The SMILES string of the molecule is C[C@H](O)c1cc2n(n1)CCN(C(=O)COc1ccc3nncn3n1)C2. The minimum absolute atomic E-state index is 0.0992. The van der Waals surface area contributed by atoms with Gasteiger partial charge in [-0.05, 0) is 19.1 Å². The lowest BCUT2D eigenvalue weighted by molar-refractivity contribution is -0.135. The van der Waals surface area contributed by atoms with Crippen LogP contribution < -0.4 is 4.74 Å². The molecular formula is C15H17N7O3. The van der Waals surface area contributed by atoms with E-state index in [0.29, 0.717) is 36.9 Å². The predicted molar refractivity (Wildman–Crippen MR) is 84.6 cm³/mol. The number of rotatable bonds is 4. The van der Waals surface area contributed by atoms with Gasteiger partial charge in [0.15, 0.2) is 12.3 Å². The van der Waals surface area contributed by atoms with Crippen molar-refractivity contribution in [1.29, 1.82) is 0 Å². The van der Waals surface area contributed by atoms with Crippen LogP contribution in [0.4, 0.5) is 0 Å². The number of aliphatic hydroxyl groups is 1. The van der Waals surface area contributed by atoms with Crippen molar-refractivity contribution in [2.24, 2.45) is 0 Å². The van der Waals surface area contributed by atoms with Crippen molar-refractivity contribution in [3.05, 3.63) is 35.9 Å². The largest absolute Gasteiger partial charge is 0.467 e. The molecule has 3 aromatic rings. The van der Waals surface area contributed by atoms with Crippen LogP contribution in [0.1, 0.15) is 24.4 Å². The van der Waals surface area contributed by atoms with Gasteiger partial charge in [0.25, 0.3) is 5.91 Å². The Bertz CT molecular complexity index is 917. The number of carbonyl (C=O) groups is 1. The number of hydrogen-bond donors (Lipinski definition) is 1. The second kappa shape index (κ2) is 6.13. The normalized spacial score (nSPS) is 15.2. The smallest absolute Gasteiger partial charge is 0.260 e. The first-order chi connectivity index (χ1) is 12.1. The van der Waals surface area contributed by atoms with Gasteiger partial charge >= 0.3 is 0 Å². The number of aromatic nitrogens is 6. The van der Waals surface area contributed by atoms with E-state index >= 15 is 0 Å². The molecule has 4 rings (SSSR count). The molecule has 0 aliphatic carbocycles. The van der Waals surface area contributed by atoms with Gasteiger partial charge in [-0.3, -0.25) is 9.48 Å². The van der Waals surface area contributed by atoms with Crippen LogP contribution in [0.5, 0.6) is 5.88 Å². The van der Waals surface area contributed by atoms with E-state index in [1.165, 1.54) is 10.8 Å². The minimum Gasteiger partial charge on any atom is -0.467 e. The number of hydrogen-bond acceptors (Lipinski definition) is 7. The highest BCUT2D eigenvalue weighted by atomic mass is 16.5. The van der Waals surface area contributed by atoms with E-state index in [1.54, 1.807) is 24.0 Å². The highest BCUT2D eigenvalue weighted by Gasteiger charge is 2.23. The fraction of sp³-hybridized carbons (Fsp3) is 0.400. The molecule has 0 spiro atoms. The summed E-state index contributed by atoms with van der Waals surface area (Å²) < 4.78 is 8.80. The van der Waals surface area contributed by atoms with Gasteiger partial charge in [0.05, 0.1) is 30.6 Å². The van der Waals surface area contributed by atoms with Gasteiger partial charge in [-0.25, -0.2) is 0 Å². The number of amides is 1. The van der Waals surface area contributed by atoms with Crippen molar-refractivity contribution in [3.8, 4) is 5.88 Å². The summed E-state index contributed by atoms with van der Waals surface area (Å²) in [4.78, 5) is 14.1. The van der Waals surface area contributed by atoms with Gasteiger partial charge in [-0.1, -0.05) is 0 Å². The zero-order valence-electron chi connectivity index (χ0n) is 13.6. The van der Waals surface area contributed by atoms with Crippen molar-refractivity contribution in [1.82, 2.24) is 34.5 Å². The zero-order valence-corrected chi connectivity index (χ0v) is 13.6. The fourth-order valence-corrected chi connectivity index (χ4v) is 2.72. The maximum atomic E-state index is 12.4. The van der Waals surface area contributed by atoms with E-state index in [0.717, 1.165) is 5.69 Å². The van der Waals surface area contributed by atoms with Crippen LogP contribution in [0, 0.1) is 0 Å². The molecule has 10 nitrogen and oxygen atoms in total. The van der Waals surface area contributed by atoms with Gasteiger partial charge < -0.3 is 14.7 Å². The lowest BCUT2D eigenvalue weighted by Gasteiger charge is -2.27. The van der Waals surface area contributed by atoms with Crippen LogP contribution in [-0.2, 0) is 17.9 Å². The molecule has 130 valence electrons. The molecule has 1 aliphatic heterocycles. The summed E-state index contributed by atoms with van der Waals surface area (Å²) in [6.45, 7) is 3.16. The quantitative estimate of drug-likeness (QED) is 0.698. The van der Waals surface area contributed by atoms with E-state index in [4.69, 9.17) is 4.74 Å². The number of nitrogens with zero attached hydrogens (tertiary/aromatic N) is 7. The first-order valence-corrected chi connectivity index (χ1v) is 7.92. The molecular weight excluding hydrogens is 326 g/mol. The highest BCUT2D eigenvalue weighted by molar-refractivity contribution is 5.77. The Kier molecular flexibility index (Phi) is 3.80. The topological polar surface area (TPSA) is 111 Å². The molecule has 0 aromatic carbocycles.